The Bertz CT molecular complexity index is 246. The molecule has 1 rings (SSSR count). The first-order valence-corrected chi connectivity index (χ1v) is 6.17. The molecule has 14 heavy (non-hydrogen) atoms. The van der Waals surface area contributed by atoms with Crippen LogP contribution in [0.3, 0.4) is 0 Å². The Morgan fingerprint density at radius 1 is 1.43 bits per heavy atom. The van der Waals surface area contributed by atoms with E-state index in [0.717, 1.165) is 5.92 Å². The SMILES string of the molecule is CCC(C)C(C)NC(C)c1cncs1. The molecule has 0 radical (unpaired) electrons. The van der Waals surface area contributed by atoms with Crippen LogP contribution in [0, 0.1) is 5.92 Å². The molecule has 3 heteroatoms. The molecule has 80 valence electrons. The minimum absolute atomic E-state index is 0.423. The topological polar surface area (TPSA) is 24.9 Å². The summed E-state index contributed by atoms with van der Waals surface area (Å²) in [4.78, 5) is 5.41. The van der Waals surface area contributed by atoms with Gasteiger partial charge in [-0.3, -0.25) is 4.98 Å². The van der Waals surface area contributed by atoms with Gasteiger partial charge in [0.1, 0.15) is 0 Å². The molecule has 0 saturated heterocycles. The summed E-state index contributed by atoms with van der Waals surface area (Å²) in [5.41, 5.74) is 1.89. The van der Waals surface area contributed by atoms with Gasteiger partial charge in [-0.15, -0.1) is 11.3 Å². The summed E-state index contributed by atoms with van der Waals surface area (Å²) >= 11 is 1.72. The highest BCUT2D eigenvalue weighted by molar-refractivity contribution is 7.09. The van der Waals surface area contributed by atoms with Crippen LogP contribution < -0.4 is 5.32 Å². The van der Waals surface area contributed by atoms with Crippen molar-refractivity contribution in [3.05, 3.63) is 16.6 Å². The van der Waals surface area contributed by atoms with Crippen LogP contribution in [0.5, 0.6) is 0 Å². The smallest absolute Gasteiger partial charge is 0.0794 e. The Labute approximate surface area is 90.8 Å². The van der Waals surface area contributed by atoms with Crippen LogP contribution in [0.2, 0.25) is 0 Å². The van der Waals surface area contributed by atoms with Gasteiger partial charge in [0, 0.05) is 23.2 Å². The Balaban J connectivity index is 2.44. The van der Waals surface area contributed by atoms with Gasteiger partial charge in [0.15, 0.2) is 0 Å². The number of aromatic nitrogens is 1. The Morgan fingerprint density at radius 3 is 2.64 bits per heavy atom. The first kappa shape index (κ1) is 11.7. The van der Waals surface area contributed by atoms with E-state index in [2.05, 4.69) is 38.0 Å². The summed E-state index contributed by atoms with van der Waals surface area (Å²) in [7, 11) is 0. The lowest BCUT2D eigenvalue weighted by Gasteiger charge is -2.23. The van der Waals surface area contributed by atoms with Crippen molar-refractivity contribution in [1.82, 2.24) is 10.3 Å². The Morgan fingerprint density at radius 2 is 2.14 bits per heavy atom. The molecule has 0 aliphatic rings. The molecular weight excluding hydrogens is 192 g/mol. The van der Waals surface area contributed by atoms with E-state index in [1.807, 2.05) is 11.7 Å². The maximum Gasteiger partial charge on any atom is 0.0794 e. The van der Waals surface area contributed by atoms with Crippen molar-refractivity contribution in [2.75, 3.05) is 0 Å². The van der Waals surface area contributed by atoms with Gasteiger partial charge in [-0.25, -0.2) is 0 Å². The first-order valence-electron chi connectivity index (χ1n) is 5.29. The summed E-state index contributed by atoms with van der Waals surface area (Å²) < 4.78 is 0. The lowest BCUT2D eigenvalue weighted by atomic mass is 10.0. The molecule has 0 aliphatic carbocycles. The normalized spacial score (nSPS) is 17.7. The van der Waals surface area contributed by atoms with E-state index < -0.39 is 0 Å². The van der Waals surface area contributed by atoms with Crippen LogP contribution in [0.1, 0.15) is 45.0 Å². The van der Waals surface area contributed by atoms with Gasteiger partial charge in [0.2, 0.25) is 0 Å². The number of rotatable bonds is 5. The van der Waals surface area contributed by atoms with Crippen LogP contribution in [0.4, 0.5) is 0 Å². The molecule has 0 amide bonds. The van der Waals surface area contributed by atoms with Crippen molar-refractivity contribution in [2.45, 2.75) is 46.2 Å². The summed E-state index contributed by atoms with van der Waals surface area (Å²) in [6.45, 7) is 8.98. The monoisotopic (exact) mass is 212 g/mol. The first-order chi connectivity index (χ1) is 6.65. The van der Waals surface area contributed by atoms with Gasteiger partial charge in [0.05, 0.1) is 5.51 Å². The largest absolute Gasteiger partial charge is 0.307 e. The van der Waals surface area contributed by atoms with Crippen molar-refractivity contribution < 1.29 is 0 Å². The third-order valence-electron chi connectivity index (χ3n) is 2.89. The molecule has 3 unspecified atom stereocenters. The van der Waals surface area contributed by atoms with Gasteiger partial charge in [-0.1, -0.05) is 20.3 Å². The van der Waals surface area contributed by atoms with Crippen molar-refractivity contribution in [1.29, 1.82) is 0 Å². The average molecular weight is 212 g/mol. The second-order valence-corrected chi connectivity index (χ2v) is 4.88. The fraction of sp³-hybridized carbons (Fsp3) is 0.727. The molecule has 2 nitrogen and oxygen atoms in total. The lowest BCUT2D eigenvalue weighted by Crippen LogP contribution is -2.33. The summed E-state index contributed by atoms with van der Waals surface area (Å²) in [5.74, 6) is 0.727. The molecule has 0 fully saturated rings. The van der Waals surface area contributed by atoms with Crippen LogP contribution in [0.15, 0.2) is 11.7 Å². The quantitative estimate of drug-likeness (QED) is 0.810. The fourth-order valence-electron chi connectivity index (χ4n) is 1.43. The minimum atomic E-state index is 0.423. The molecule has 0 spiro atoms. The molecule has 3 atom stereocenters. The molecular formula is C11H20N2S. The number of nitrogens with zero attached hydrogens (tertiary/aromatic N) is 1. The highest BCUT2D eigenvalue weighted by Gasteiger charge is 2.14. The predicted molar refractivity (Wildman–Crippen MR) is 62.6 cm³/mol. The highest BCUT2D eigenvalue weighted by atomic mass is 32.1. The molecule has 0 aromatic carbocycles. The molecule has 0 saturated carbocycles. The zero-order chi connectivity index (χ0) is 10.6. The van der Waals surface area contributed by atoms with E-state index in [1.54, 1.807) is 11.3 Å². The Kier molecular flexibility index (Phi) is 4.55. The molecule has 0 aliphatic heterocycles. The lowest BCUT2D eigenvalue weighted by molar-refractivity contribution is 0.362. The van der Waals surface area contributed by atoms with Crippen LogP contribution in [-0.4, -0.2) is 11.0 Å². The zero-order valence-electron chi connectivity index (χ0n) is 9.45. The predicted octanol–water partition coefficient (Wildman–Crippen LogP) is 3.23. The zero-order valence-corrected chi connectivity index (χ0v) is 10.3. The second kappa shape index (κ2) is 5.47. The van der Waals surface area contributed by atoms with E-state index in [9.17, 15) is 0 Å². The molecule has 1 aromatic heterocycles. The Hall–Kier alpha value is -0.410. The molecule has 1 heterocycles. The van der Waals surface area contributed by atoms with Crippen molar-refractivity contribution in [3.8, 4) is 0 Å². The number of nitrogens with one attached hydrogen (secondary N) is 1. The van der Waals surface area contributed by atoms with Crippen molar-refractivity contribution >= 4 is 11.3 Å². The second-order valence-electron chi connectivity index (χ2n) is 3.97. The van der Waals surface area contributed by atoms with Gasteiger partial charge < -0.3 is 5.32 Å². The average Bonchev–Trinajstić information content (AvgIpc) is 2.69. The maximum absolute atomic E-state index is 4.09. The number of hydrogen-bond acceptors (Lipinski definition) is 3. The van der Waals surface area contributed by atoms with E-state index in [0.29, 0.717) is 12.1 Å². The van der Waals surface area contributed by atoms with Gasteiger partial charge in [-0.05, 0) is 19.8 Å². The highest BCUT2D eigenvalue weighted by Crippen LogP contribution is 2.18. The fourth-order valence-corrected chi connectivity index (χ4v) is 2.07. The summed E-state index contributed by atoms with van der Waals surface area (Å²) in [6, 6.07) is 0.989. The summed E-state index contributed by atoms with van der Waals surface area (Å²) in [5, 5.41) is 3.60. The van der Waals surface area contributed by atoms with E-state index >= 15 is 0 Å². The van der Waals surface area contributed by atoms with E-state index in [1.165, 1.54) is 11.3 Å². The van der Waals surface area contributed by atoms with Crippen LogP contribution in [-0.2, 0) is 0 Å². The standard InChI is InChI=1S/C11H20N2S/c1-5-8(2)9(3)13-10(4)11-6-12-7-14-11/h6-10,13H,5H2,1-4H3. The van der Waals surface area contributed by atoms with Crippen LogP contribution in [0.25, 0.3) is 0 Å². The maximum atomic E-state index is 4.09. The van der Waals surface area contributed by atoms with E-state index in [-0.39, 0.29) is 0 Å². The van der Waals surface area contributed by atoms with E-state index in [4.69, 9.17) is 0 Å². The van der Waals surface area contributed by atoms with Crippen molar-refractivity contribution in [2.24, 2.45) is 5.92 Å². The summed E-state index contributed by atoms with van der Waals surface area (Å²) in [6.07, 6.45) is 3.18. The third-order valence-corrected chi connectivity index (χ3v) is 3.85. The molecule has 1 N–H and O–H groups in total. The van der Waals surface area contributed by atoms with Crippen LogP contribution >= 0.6 is 11.3 Å². The van der Waals surface area contributed by atoms with Gasteiger partial charge in [-0.2, -0.15) is 0 Å². The van der Waals surface area contributed by atoms with Crippen molar-refractivity contribution in [3.63, 3.8) is 0 Å². The third kappa shape index (κ3) is 3.07. The van der Waals surface area contributed by atoms with Gasteiger partial charge in [0.25, 0.3) is 0 Å². The minimum Gasteiger partial charge on any atom is -0.307 e. The number of hydrogen-bond donors (Lipinski definition) is 1. The molecule has 0 bridgehead atoms. The van der Waals surface area contributed by atoms with Gasteiger partial charge >= 0.3 is 0 Å². The number of thiazole rings is 1. The molecule has 1 aromatic rings.